The van der Waals surface area contributed by atoms with Crippen molar-refractivity contribution >= 4 is 5.91 Å². The molecule has 1 rings (SSSR count). The first-order valence-corrected chi connectivity index (χ1v) is 6.33. The maximum absolute atomic E-state index is 11.8. The molecule has 0 heterocycles. The van der Waals surface area contributed by atoms with Gasteiger partial charge in [-0.1, -0.05) is 19.1 Å². The van der Waals surface area contributed by atoms with Crippen molar-refractivity contribution in [3.63, 3.8) is 0 Å². The fourth-order valence-electron chi connectivity index (χ4n) is 1.73. The second-order valence-corrected chi connectivity index (χ2v) is 4.78. The van der Waals surface area contributed by atoms with Crippen LogP contribution in [0.15, 0.2) is 24.3 Å². The van der Waals surface area contributed by atoms with Gasteiger partial charge < -0.3 is 20.9 Å². The molecule has 0 radical (unpaired) electrons. The average molecular weight is 266 g/mol. The number of methoxy groups -OCH3 is 1. The topological polar surface area (TPSA) is 84.6 Å². The Morgan fingerprint density at radius 2 is 2.05 bits per heavy atom. The van der Waals surface area contributed by atoms with Crippen LogP contribution in [0.25, 0.3) is 0 Å². The first kappa shape index (κ1) is 15.5. The van der Waals surface area contributed by atoms with Crippen LogP contribution in [0, 0.1) is 5.92 Å². The lowest BCUT2D eigenvalue weighted by Gasteiger charge is -2.15. The third-order valence-electron chi connectivity index (χ3n) is 2.80. The summed E-state index contributed by atoms with van der Waals surface area (Å²) in [6, 6.07) is 6.10. The Bertz CT molecular complexity index is 392. The van der Waals surface area contributed by atoms with Gasteiger partial charge in [0.1, 0.15) is 5.75 Å². The molecular formula is C14H22N2O3. The number of carbonyl (C=O) groups is 1. The molecule has 106 valence electrons. The number of phenolic OH excluding ortho intramolecular Hbond substituents is 1. The van der Waals surface area contributed by atoms with Crippen molar-refractivity contribution < 1.29 is 14.6 Å². The molecule has 0 spiro atoms. The standard InChI is InChI=1S/C14H22N2O3/c1-10(9-19-2)8-16-14(18)13(15)7-11-3-5-12(17)6-4-11/h3-6,10,13,17H,7-9,15H2,1-2H3,(H,16,18)/t10?,13-/m0/s1. The minimum Gasteiger partial charge on any atom is -0.508 e. The van der Waals surface area contributed by atoms with Crippen LogP contribution in [-0.4, -0.2) is 37.3 Å². The SMILES string of the molecule is COCC(C)CNC(=O)[C@@H](N)Cc1ccc(O)cc1. The molecule has 1 unspecified atom stereocenters. The van der Waals surface area contributed by atoms with Gasteiger partial charge in [0.05, 0.1) is 12.6 Å². The summed E-state index contributed by atoms with van der Waals surface area (Å²) in [6.07, 6.45) is 0.449. The molecule has 0 aliphatic heterocycles. The molecule has 0 aliphatic rings. The molecule has 1 aromatic carbocycles. The number of phenols is 1. The van der Waals surface area contributed by atoms with E-state index in [9.17, 15) is 9.90 Å². The van der Waals surface area contributed by atoms with Gasteiger partial charge in [-0.15, -0.1) is 0 Å². The number of nitrogens with one attached hydrogen (secondary N) is 1. The quantitative estimate of drug-likeness (QED) is 0.677. The maximum Gasteiger partial charge on any atom is 0.237 e. The second-order valence-electron chi connectivity index (χ2n) is 4.78. The van der Waals surface area contributed by atoms with Gasteiger partial charge in [0, 0.05) is 13.7 Å². The van der Waals surface area contributed by atoms with Gasteiger partial charge in [-0.3, -0.25) is 4.79 Å². The molecule has 0 saturated heterocycles. The third kappa shape index (κ3) is 5.72. The van der Waals surface area contributed by atoms with Gasteiger partial charge in [-0.05, 0) is 30.0 Å². The number of benzene rings is 1. The molecule has 19 heavy (non-hydrogen) atoms. The van der Waals surface area contributed by atoms with Gasteiger partial charge >= 0.3 is 0 Å². The van der Waals surface area contributed by atoms with Crippen molar-refractivity contribution in [2.24, 2.45) is 11.7 Å². The van der Waals surface area contributed by atoms with E-state index in [1.54, 1.807) is 31.4 Å². The molecule has 0 aromatic heterocycles. The van der Waals surface area contributed by atoms with Gasteiger partial charge in [0.25, 0.3) is 0 Å². The summed E-state index contributed by atoms with van der Waals surface area (Å²) >= 11 is 0. The zero-order valence-electron chi connectivity index (χ0n) is 11.4. The Morgan fingerprint density at radius 1 is 1.42 bits per heavy atom. The second kappa shape index (κ2) is 7.76. The predicted octanol–water partition coefficient (Wildman–Crippen LogP) is 0.661. The molecule has 5 heteroatoms. The smallest absolute Gasteiger partial charge is 0.237 e. The highest BCUT2D eigenvalue weighted by atomic mass is 16.5. The molecule has 5 nitrogen and oxygen atoms in total. The monoisotopic (exact) mass is 266 g/mol. The van der Waals surface area contributed by atoms with Crippen LogP contribution in [0.2, 0.25) is 0 Å². The lowest BCUT2D eigenvalue weighted by molar-refractivity contribution is -0.122. The third-order valence-corrected chi connectivity index (χ3v) is 2.80. The molecular weight excluding hydrogens is 244 g/mol. The maximum atomic E-state index is 11.8. The summed E-state index contributed by atoms with van der Waals surface area (Å²) in [5.74, 6) is 0.293. The van der Waals surface area contributed by atoms with E-state index in [-0.39, 0.29) is 17.6 Å². The van der Waals surface area contributed by atoms with Gasteiger partial charge in [-0.2, -0.15) is 0 Å². The zero-order chi connectivity index (χ0) is 14.3. The average Bonchev–Trinajstić information content (AvgIpc) is 2.39. The fourth-order valence-corrected chi connectivity index (χ4v) is 1.73. The highest BCUT2D eigenvalue weighted by molar-refractivity contribution is 5.81. The summed E-state index contributed by atoms with van der Waals surface area (Å²) in [6.45, 7) is 3.15. The normalized spacial score (nSPS) is 13.8. The van der Waals surface area contributed by atoms with Crippen molar-refractivity contribution in [3.8, 4) is 5.75 Å². The zero-order valence-corrected chi connectivity index (χ0v) is 11.4. The molecule has 4 N–H and O–H groups in total. The number of hydrogen-bond acceptors (Lipinski definition) is 4. The molecule has 0 bridgehead atoms. The van der Waals surface area contributed by atoms with Crippen molar-refractivity contribution in [1.82, 2.24) is 5.32 Å². The molecule has 1 amide bonds. The predicted molar refractivity (Wildman–Crippen MR) is 73.8 cm³/mol. The summed E-state index contributed by atoms with van der Waals surface area (Å²) < 4.78 is 5.00. The number of hydrogen-bond donors (Lipinski definition) is 3. The van der Waals surface area contributed by atoms with Crippen LogP contribution in [0.3, 0.4) is 0 Å². The van der Waals surface area contributed by atoms with E-state index in [0.29, 0.717) is 19.6 Å². The van der Waals surface area contributed by atoms with Crippen molar-refractivity contribution in [2.45, 2.75) is 19.4 Å². The summed E-state index contributed by atoms with van der Waals surface area (Å²) in [7, 11) is 1.63. The van der Waals surface area contributed by atoms with Crippen molar-refractivity contribution in [1.29, 1.82) is 0 Å². The molecule has 0 fully saturated rings. The Morgan fingerprint density at radius 3 is 2.63 bits per heavy atom. The first-order chi connectivity index (χ1) is 9.02. The van der Waals surface area contributed by atoms with Crippen LogP contribution in [0.1, 0.15) is 12.5 Å². The van der Waals surface area contributed by atoms with E-state index in [2.05, 4.69) is 5.32 Å². The first-order valence-electron chi connectivity index (χ1n) is 6.33. The van der Waals surface area contributed by atoms with Crippen LogP contribution >= 0.6 is 0 Å². The van der Waals surface area contributed by atoms with E-state index in [4.69, 9.17) is 10.5 Å². The highest BCUT2D eigenvalue weighted by Gasteiger charge is 2.14. The number of amides is 1. The number of carbonyl (C=O) groups excluding carboxylic acids is 1. The Hall–Kier alpha value is -1.59. The fraction of sp³-hybridized carbons (Fsp3) is 0.500. The summed E-state index contributed by atoms with van der Waals surface area (Å²) in [5.41, 5.74) is 6.76. The summed E-state index contributed by atoms with van der Waals surface area (Å²) in [4.78, 5) is 11.8. The lowest BCUT2D eigenvalue weighted by atomic mass is 10.1. The van der Waals surface area contributed by atoms with E-state index in [1.165, 1.54) is 0 Å². The van der Waals surface area contributed by atoms with E-state index >= 15 is 0 Å². The Balaban J connectivity index is 2.38. The van der Waals surface area contributed by atoms with Crippen molar-refractivity contribution in [2.75, 3.05) is 20.3 Å². The minimum atomic E-state index is -0.584. The van der Waals surface area contributed by atoms with Crippen LogP contribution in [0.5, 0.6) is 5.75 Å². The molecule has 2 atom stereocenters. The summed E-state index contributed by atoms with van der Waals surface area (Å²) in [5, 5.41) is 12.0. The Labute approximate surface area is 113 Å². The van der Waals surface area contributed by atoms with Gasteiger partial charge in [0.2, 0.25) is 5.91 Å². The number of ether oxygens (including phenoxy) is 1. The van der Waals surface area contributed by atoms with Crippen LogP contribution in [0.4, 0.5) is 0 Å². The van der Waals surface area contributed by atoms with Gasteiger partial charge in [-0.25, -0.2) is 0 Å². The van der Waals surface area contributed by atoms with Crippen molar-refractivity contribution in [3.05, 3.63) is 29.8 Å². The molecule has 0 saturated carbocycles. The van der Waals surface area contributed by atoms with E-state index in [1.807, 2.05) is 6.92 Å². The van der Waals surface area contributed by atoms with E-state index in [0.717, 1.165) is 5.56 Å². The number of nitrogens with two attached hydrogens (primary N) is 1. The number of aromatic hydroxyl groups is 1. The van der Waals surface area contributed by atoms with Crippen LogP contribution in [-0.2, 0) is 16.0 Å². The van der Waals surface area contributed by atoms with E-state index < -0.39 is 6.04 Å². The lowest BCUT2D eigenvalue weighted by Crippen LogP contribution is -2.43. The highest BCUT2D eigenvalue weighted by Crippen LogP contribution is 2.10. The number of rotatable bonds is 7. The minimum absolute atomic E-state index is 0.170. The van der Waals surface area contributed by atoms with Crippen LogP contribution < -0.4 is 11.1 Å². The largest absolute Gasteiger partial charge is 0.508 e. The molecule has 1 aromatic rings. The van der Waals surface area contributed by atoms with Gasteiger partial charge in [0.15, 0.2) is 0 Å². The Kier molecular flexibility index (Phi) is 6.32. The molecule has 0 aliphatic carbocycles.